The second-order valence-corrected chi connectivity index (χ2v) is 6.56. The van der Waals surface area contributed by atoms with Crippen LogP contribution in [0.3, 0.4) is 0 Å². The molecule has 106 valence electrons. The third-order valence-electron chi connectivity index (χ3n) is 3.23. The highest BCUT2D eigenvalue weighted by Gasteiger charge is 2.17. The van der Waals surface area contributed by atoms with Crippen molar-refractivity contribution < 1.29 is 8.95 Å². The normalized spacial score (nSPS) is 23.0. The number of benzene rings is 1. The highest BCUT2D eigenvalue weighted by Crippen LogP contribution is 2.27. The molecule has 0 aromatic heterocycles. The molecule has 1 heterocycles. The molecule has 4 nitrogen and oxygen atoms in total. The van der Waals surface area contributed by atoms with Gasteiger partial charge in [0, 0.05) is 40.1 Å². The predicted molar refractivity (Wildman–Crippen MR) is 81.2 cm³/mol. The third kappa shape index (κ3) is 4.13. The number of ether oxygens (including phenoxy) is 1. The molecule has 0 unspecified atom stereocenters. The van der Waals surface area contributed by atoms with Gasteiger partial charge in [0.05, 0.1) is 12.3 Å². The number of rotatable bonds is 5. The van der Waals surface area contributed by atoms with Crippen molar-refractivity contribution >= 4 is 22.2 Å². The van der Waals surface area contributed by atoms with Crippen molar-refractivity contribution in [2.75, 3.05) is 29.2 Å². The predicted octanol–water partition coefficient (Wildman–Crippen LogP) is 2.38. The van der Waals surface area contributed by atoms with Gasteiger partial charge in [0.1, 0.15) is 5.75 Å². The molecule has 1 aromatic carbocycles. The van der Waals surface area contributed by atoms with Gasteiger partial charge in [-0.25, -0.2) is 0 Å². The van der Waals surface area contributed by atoms with E-state index < -0.39 is 10.8 Å². The summed E-state index contributed by atoms with van der Waals surface area (Å²) in [6.45, 7) is 2.75. The van der Waals surface area contributed by atoms with Gasteiger partial charge in [-0.05, 0) is 31.4 Å². The summed E-state index contributed by atoms with van der Waals surface area (Å²) in [4.78, 5) is 0. The van der Waals surface area contributed by atoms with Crippen LogP contribution in [-0.4, -0.2) is 28.4 Å². The summed E-state index contributed by atoms with van der Waals surface area (Å²) >= 11 is 0. The first-order valence-corrected chi connectivity index (χ1v) is 8.31. The molecule has 19 heavy (non-hydrogen) atoms. The number of hydrogen-bond acceptors (Lipinski definition) is 4. The third-order valence-corrected chi connectivity index (χ3v) is 4.62. The van der Waals surface area contributed by atoms with Crippen LogP contribution in [0.25, 0.3) is 0 Å². The molecule has 1 saturated heterocycles. The van der Waals surface area contributed by atoms with E-state index in [1.807, 2.05) is 18.2 Å². The Hall–Kier alpha value is -1.23. The molecule has 0 bridgehead atoms. The van der Waals surface area contributed by atoms with Crippen molar-refractivity contribution in [3.8, 4) is 5.75 Å². The molecule has 0 radical (unpaired) electrons. The molecule has 0 saturated carbocycles. The Kier molecular flexibility index (Phi) is 5.07. The number of nitrogens with one attached hydrogen (secondary N) is 1. The molecule has 0 aliphatic carbocycles. The first kappa shape index (κ1) is 14.2. The number of nitrogen functional groups attached to an aromatic ring is 1. The summed E-state index contributed by atoms with van der Waals surface area (Å²) in [7, 11) is -0.616. The van der Waals surface area contributed by atoms with Crippen LogP contribution in [0.15, 0.2) is 18.2 Å². The maximum Gasteiger partial charge on any atom is 0.144 e. The molecule has 0 spiro atoms. The fraction of sp³-hybridized carbons (Fsp3) is 0.571. The van der Waals surface area contributed by atoms with Crippen LogP contribution in [0.1, 0.15) is 26.2 Å². The first-order valence-electron chi connectivity index (χ1n) is 6.83. The summed E-state index contributed by atoms with van der Waals surface area (Å²) < 4.78 is 16.9. The van der Waals surface area contributed by atoms with Crippen molar-refractivity contribution in [3.63, 3.8) is 0 Å². The Morgan fingerprint density at radius 2 is 2.16 bits per heavy atom. The Morgan fingerprint density at radius 3 is 2.84 bits per heavy atom. The summed E-state index contributed by atoms with van der Waals surface area (Å²) in [5.74, 6) is 2.34. The standard InChI is InChI=1S/C14H22N2O2S/c1-2-7-18-14-10-12(3-4-13(14)15)16-11-5-8-19(17)9-6-11/h3-4,10-11,16H,2,5-9,15H2,1H3. The van der Waals surface area contributed by atoms with Crippen LogP contribution in [0.2, 0.25) is 0 Å². The van der Waals surface area contributed by atoms with Gasteiger partial charge in [-0.2, -0.15) is 0 Å². The lowest BCUT2D eigenvalue weighted by Gasteiger charge is -2.24. The van der Waals surface area contributed by atoms with E-state index >= 15 is 0 Å². The van der Waals surface area contributed by atoms with Crippen molar-refractivity contribution in [2.24, 2.45) is 0 Å². The topological polar surface area (TPSA) is 64.3 Å². The van der Waals surface area contributed by atoms with Crippen molar-refractivity contribution in [1.82, 2.24) is 0 Å². The smallest absolute Gasteiger partial charge is 0.144 e. The van der Waals surface area contributed by atoms with E-state index in [4.69, 9.17) is 10.5 Å². The second-order valence-electron chi connectivity index (χ2n) is 4.87. The lowest BCUT2D eigenvalue weighted by Crippen LogP contribution is -2.29. The highest BCUT2D eigenvalue weighted by atomic mass is 32.2. The fourth-order valence-electron chi connectivity index (χ4n) is 2.14. The minimum absolute atomic E-state index is 0.403. The molecule has 1 aliphatic rings. The van der Waals surface area contributed by atoms with Crippen LogP contribution in [0, 0.1) is 0 Å². The molecule has 1 fully saturated rings. The monoisotopic (exact) mass is 282 g/mol. The van der Waals surface area contributed by atoms with E-state index in [9.17, 15) is 4.21 Å². The summed E-state index contributed by atoms with van der Waals surface area (Å²) in [6, 6.07) is 6.20. The van der Waals surface area contributed by atoms with Gasteiger partial charge in [-0.1, -0.05) is 6.92 Å². The maximum absolute atomic E-state index is 11.3. The van der Waals surface area contributed by atoms with Crippen LogP contribution in [-0.2, 0) is 10.8 Å². The van der Waals surface area contributed by atoms with E-state index in [2.05, 4.69) is 12.2 Å². The zero-order valence-corrected chi connectivity index (χ0v) is 12.2. The number of hydrogen-bond donors (Lipinski definition) is 2. The molecule has 3 N–H and O–H groups in total. The molecule has 1 aromatic rings. The average molecular weight is 282 g/mol. The van der Waals surface area contributed by atoms with Crippen LogP contribution in [0.5, 0.6) is 5.75 Å². The molecule has 1 aliphatic heterocycles. The molecule has 5 heteroatoms. The van der Waals surface area contributed by atoms with Gasteiger partial charge >= 0.3 is 0 Å². The number of anilines is 2. The van der Waals surface area contributed by atoms with E-state index in [0.717, 1.165) is 42.2 Å². The Labute approximate surface area is 117 Å². The largest absolute Gasteiger partial charge is 0.491 e. The zero-order chi connectivity index (χ0) is 13.7. The second kappa shape index (κ2) is 6.80. The van der Waals surface area contributed by atoms with Crippen molar-refractivity contribution in [3.05, 3.63) is 18.2 Å². The van der Waals surface area contributed by atoms with Crippen molar-refractivity contribution in [2.45, 2.75) is 32.2 Å². The molecular weight excluding hydrogens is 260 g/mol. The van der Waals surface area contributed by atoms with Crippen molar-refractivity contribution in [1.29, 1.82) is 0 Å². The maximum atomic E-state index is 11.3. The molecular formula is C14H22N2O2S. The average Bonchev–Trinajstić information content (AvgIpc) is 2.42. The minimum Gasteiger partial charge on any atom is -0.491 e. The SMILES string of the molecule is CCCOc1cc(NC2CCS(=O)CC2)ccc1N. The highest BCUT2D eigenvalue weighted by molar-refractivity contribution is 7.85. The Balaban J connectivity index is 1.98. The zero-order valence-electron chi connectivity index (χ0n) is 11.4. The van der Waals surface area contributed by atoms with Gasteiger partial charge in [0.25, 0.3) is 0 Å². The van der Waals surface area contributed by atoms with Gasteiger partial charge < -0.3 is 15.8 Å². The minimum atomic E-state index is -0.616. The fourth-order valence-corrected chi connectivity index (χ4v) is 3.43. The Bertz CT molecular complexity index is 441. The molecule has 0 atom stereocenters. The van der Waals surface area contributed by atoms with E-state index in [0.29, 0.717) is 18.3 Å². The van der Waals surface area contributed by atoms with Crippen LogP contribution in [0.4, 0.5) is 11.4 Å². The summed E-state index contributed by atoms with van der Waals surface area (Å²) in [5.41, 5.74) is 7.58. The Morgan fingerprint density at radius 1 is 1.42 bits per heavy atom. The quantitative estimate of drug-likeness (QED) is 0.814. The summed E-state index contributed by atoms with van der Waals surface area (Å²) in [6.07, 6.45) is 2.88. The summed E-state index contributed by atoms with van der Waals surface area (Å²) in [5, 5.41) is 3.48. The lowest BCUT2D eigenvalue weighted by molar-refractivity contribution is 0.319. The molecule has 2 rings (SSSR count). The van der Waals surface area contributed by atoms with E-state index in [1.165, 1.54) is 0 Å². The van der Waals surface area contributed by atoms with Gasteiger partial charge in [0.2, 0.25) is 0 Å². The van der Waals surface area contributed by atoms with E-state index in [1.54, 1.807) is 0 Å². The number of nitrogens with two attached hydrogens (primary N) is 1. The van der Waals surface area contributed by atoms with E-state index in [-0.39, 0.29) is 0 Å². The lowest BCUT2D eigenvalue weighted by atomic mass is 10.1. The van der Waals surface area contributed by atoms with Gasteiger partial charge in [-0.15, -0.1) is 0 Å². The first-order chi connectivity index (χ1) is 9.19. The van der Waals surface area contributed by atoms with Crippen LogP contribution >= 0.6 is 0 Å². The van der Waals surface area contributed by atoms with Crippen LogP contribution < -0.4 is 15.8 Å². The van der Waals surface area contributed by atoms with Gasteiger partial charge in [-0.3, -0.25) is 4.21 Å². The molecule has 0 amide bonds. The van der Waals surface area contributed by atoms with Gasteiger partial charge in [0.15, 0.2) is 0 Å².